The van der Waals surface area contributed by atoms with E-state index in [1.807, 2.05) is 35.4 Å². The Bertz CT molecular complexity index is 1490. The predicted molar refractivity (Wildman–Crippen MR) is 126 cm³/mol. The molecule has 0 unspecified atom stereocenters. The zero-order chi connectivity index (χ0) is 24.1. The molecule has 174 valence electrons. The number of aromatic nitrogens is 4. The van der Waals surface area contributed by atoms with E-state index < -0.39 is 6.09 Å². The summed E-state index contributed by atoms with van der Waals surface area (Å²) in [5, 5.41) is 26.7. The second kappa shape index (κ2) is 7.99. The van der Waals surface area contributed by atoms with Crippen molar-refractivity contribution in [2.24, 2.45) is 0 Å². The number of nitrogens with zero attached hydrogens (tertiary/aromatic N) is 7. The molecule has 6 rings (SSSR count). The Morgan fingerprint density at radius 3 is 2.51 bits per heavy atom. The van der Waals surface area contributed by atoms with E-state index in [0.717, 1.165) is 22.4 Å². The number of halogens is 1. The van der Waals surface area contributed by atoms with Crippen molar-refractivity contribution in [2.75, 3.05) is 31.1 Å². The molecule has 4 aromatic rings. The third-order valence-electron chi connectivity index (χ3n) is 6.66. The van der Waals surface area contributed by atoms with Crippen LogP contribution in [0.2, 0.25) is 0 Å². The van der Waals surface area contributed by atoms with E-state index in [4.69, 9.17) is 5.26 Å². The van der Waals surface area contributed by atoms with Gasteiger partial charge >= 0.3 is 6.09 Å². The van der Waals surface area contributed by atoms with Crippen molar-refractivity contribution in [1.82, 2.24) is 24.2 Å². The highest BCUT2D eigenvalue weighted by Crippen LogP contribution is 2.36. The largest absolute Gasteiger partial charge is 0.465 e. The summed E-state index contributed by atoms with van der Waals surface area (Å²) < 4.78 is 19.2. The number of anilines is 1. The van der Waals surface area contributed by atoms with Crippen molar-refractivity contribution < 1.29 is 14.3 Å². The molecule has 1 N–H and O–H groups in total. The van der Waals surface area contributed by atoms with E-state index in [2.05, 4.69) is 20.8 Å². The highest BCUT2D eigenvalue weighted by atomic mass is 19.1. The van der Waals surface area contributed by atoms with E-state index >= 15 is 4.39 Å². The highest BCUT2D eigenvalue weighted by molar-refractivity contribution is 5.72. The fraction of sp³-hybridized carbons (Fsp3) is 0.200. The first kappa shape index (κ1) is 20.9. The summed E-state index contributed by atoms with van der Waals surface area (Å²) in [4.78, 5) is 14.5. The van der Waals surface area contributed by atoms with Gasteiger partial charge in [-0.1, -0.05) is 12.1 Å². The molecule has 35 heavy (non-hydrogen) atoms. The summed E-state index contributed by atoms with van der Waals surface area (Å²) in [6.45, 7) is 2.02. The number of hydrogen-bond donors (Lipinski definition) is 1. The summed E-state index contributed by atoms with van der Waals surface area (Å²) in [6, 6.07) is 14.9. The fourth-order valence-corrected chi connectivity index (χ4v) is 4.82. The number of carbonyl (C=O) groups is 1. The zero-order valence-corrected chi connectivity index (χ0v) is 18.6. The van der Waals surface area contributed by atoms with Crippen LogP contribution in [-0.4, -0.2) is 61.6 Å². The Kier molecular flexibility index (Phi) is 4.77. The lowest BCUT2D eigenvalue weighted by atomic mass is 10.1. The standard InChI is InChI=1S/C25H20FN7O2/c26-20-11-21-19(10-22(20)30-5-7-31(8-6-30)25(34)35)14-32-13-18(17-3-1-16(12-27)2-4-17)9-23(32)24-29-28-15-33(21)24/h1-4,9-11,13,15H,5-8,14H2,(H,34,35). The molecule has 0 radical (unpaired) electrons. The average Bonchev–Trinajstić information content (AvgIpc) is 3.50. The third kappa shape index (κ3) is 3.49. The molecule has 0 bridgehead atoms. The Morgan fingerprint density at radius 2 is 1.80 bits per heavy atom. The van der Waals surface area contributed by atoms with Gasteiger partial charge in [-0.25, -0.2) is 9.18 Å². The molecule has 1 fully saturated rings. The van der Waals surface area contributed by atoms with Crippen LogP contribution in [0, 0.1) is 17.1 Å². The Balaban J connectivity index is 1.40. The molecule has 0 saturated carbocycles. The molecular formula is C25H20FN7O2. The van der Waals surface area contributed by atoms with Gasteiger partial charge in [0, 0.05) is 50.6 Å². The van der Waals surface area contributed by atoms with Crippen LogP contribution in [0.1, 0.15) is 11.1 Å². The van der Waals surface area contributed by atoms with Crippen LogP contribution in [0.15, 0.2) is 55.0 Å². The first-order valence-corrected chi connectivity index (χ1v) is 11.2. The van der Waals surface area contributed by atoms with Crippen molar-refractivity contribution in [2.45, 2.75) is 6.54 Å². The van der Waals surface area contributed by atoms with Crippen LogP contribution >= 0.6 is 0 Å². The topological polar surface area (TPSA) is 103 Å². The smallest absolute Gasteiger partial charge is 0.407 e. The van der Waals surface area contributed by atoms with Gasteiger partial charge in [0.1, 0.15) is 12.1 Å². The lowest BCUT2D eigenvalue weighted by Gasteiger charge is -2.35. The Morgan fingerprint density at radius 1 is 1.03 bits per heavy atom. The molecule has 4 heterocycles. The van der Waals surface area contributed by atoms with Crippen molar-refractivity contribution in [3.8, 4) is 34.4 Å². The second-order valence-electron chi connectivity index (χ2n) is 8.64. The molecule has 0 spiro atoms. The maximum Gasteiger partial charge on any atom is 0.407 e. The molecule has 0 atom stereocenters. The molecule has 0 aliphatic carbocycles. The molecular weight excluding hydrogens is 449 g/mol. The van der Waals surface area contributed by atoms with E-state index in [1.165, 1.54) is 11.0 Å². The molecule has 1 saturated heterocycles. The van der Waals surface area contributed by atoms with E-state index in [9.17, 15) is 9.90 Å². The number of piperazine rings is 1. The summed E-state index contributed by atoms with van der Waals surface area (Å²) in [6.07, 6.45) is 2.66. The monoisotopic (exact) mass is 469 g/mol. The minimum Gasteiger partial charge on any atom is -0.465 e. The van der Waals surface area contributed by atoms with Crippen LogP contribution in [-0.2, 0) is 6.54 Å². The number of rotatable bonds is 2. The Hall–Kier alpha value is -4.65. The number of hydrogen-bond acceptors (Lipinski definition) is 5. The Labute approximate surface area is 199 Å². The van der Waals surface area contributed by atoms with Gasteiger partial charge in [-0.15, -0.1) is 10.2 Å². The molecule has 9 nitrogen and oxygen atoms in total. The van der Waals surface area contributed by atoms with Gasteiger partial charge < -0.3 is 19.5 Å². The minimum atomic E-state index is -0.953. The number of amides is 1. The summed E-state index contributed by atoms with van der Waals surface area (Å²) in [5.41, 5.74) is 5.47. The van der Waals surface area contributed by atoms with Crippen LogP contribution in [0.3, 0.4) is 0 Å². The zero-order valence-electron chi connectivity index (χ0n) is 18.6. The van der Waals surface area contributed by atoms with Crippen LogP contribution < -0.4 is 4.90 Å². The number of fused-ring (bicyclic) bond motifs is 5. The minimum absolute atomic E-state index is 0.331. The normalized spacial score (nSPS) is 14.5. The van der Waals surface area contributed by atoms with Crippen molar-refractivity contribution in [1.29, 1.82) is 5.26 Å². The summed E-state index contributed by atoms with van der Waals surface area (Å²) >= 11 is 0. The summed E-state index contributed by atoms with van der Waals surface area (Å²) in [5.74, 6) is 0.253. The molecule has 2 aromatic heterocycles. The lowest BCUT2D eigenvalue weighted by molar-refractivity contribution is 0.142. The molecule has 2 aliphatic heterocycles. The maximum absolute atomic E-state index is 15.3. The summed E-state index contributed by atoms with van der Waals surface area (Å²) in [7, 11) is 0. The lowest BCUT2D eigenvalue weighted by Crippen LogP contribution is -2.48. The van der Waals surface area contributed by atoms with Crippen LogP contribution in [0.4, 0.5) is 14.9 Å². The van der Waals surface area contributed by atoms with Gasteiger partial charge in [0.2, 0.25) is 0 Å². The van der Waals surface area contributed by atoms with Crippen LogP contribution in [0.5, 0.6) is 0 Å². The maximum atomic E-state index is 15.3. The van der Waals surface area contributed by atoms with E-state index in [1.54, 1.807) is 23.0 Å². The highest BCUT2D eigenvalue weighted by Gasteiger charge is 2.27. The quantitative estimate of drug-likeness (QED) is 0.424. The first-order chi connectivity index (χ1) is 17.0. The van der Waals surface area contributed by atoms with Gasteiger partial charge in [-0.2, -0.15) is 5.26 Å². The SMILES string of the molecule is N#Cc1ccc(-c2cc3n(c2)Cc2cc(N4CCN(C(=O)O)CC4)c(F)cc2-n2cnnc2-3)cc1. The average molecular weight is 469 g/mol. The fourth-order valence-electron chi connectivity index (χ4n) is 4.82. The third-order valence-corrected chi connectivity index (χ3v) is 6.66. The van der Waals surface area contributed by atoms with E-state index in [0.29, 0.717) is 55.5 Å². The predicted octanol–water partition coefficient (Wildman–Crippen LogP) is 3.58. The van der Waals surface area contributed by atoms with Gasteiger partial charge in [-0.3, -0.25) is 4.57 Å². The van der Waals surface area contributed by atoms with Gasteiger partial charge in [0.15, 0.2) is 5.82 Å². The van der Waals surface area contributed by atoms with Gasteiger partial charge in [0.25, 0.3) is 0 Å². The molecule has 1 amide bonds. The second-order valence-corrected chi connectivity index (χ2v) is 8.64. The van der Waals surface area contributed by atoms with Gasteiger partial charge in [0.05, 0.1) is 28.7 Å². The molecule has 2 aromatic carbocycles. The van der Waals surface area contributed by atoms with Crippen LogP contribution in [0.25, 0.3) is 28.3 Å². The van der Waals surface area contributed by atoms with Gasteiger partial charge in [-0.05, 0) is 35.4 Å². The van der Waals surface area contributed by atoms with E-state index in [-0.39, 0.29) is 5.82 Å². The number of benzene rings is 2. The molecule has 10 heteroatoms. The first-order valence-electron chi connectivity index (χ1n) is 11.2. The van der Waals surface area contributed by atoms with Crippen molar-refractivity contribution in [3.05, 3.63) is 71.9 Å². The van der Waals surface area contributed by atoms with Crippen molar-refractivity contribution >= 4 is 11.8 Å². The number of carboxylic acid groups (broad SMARTS) is 1. The molecule has 2 aliphatic rings. The number of nitriles is 1. The van der Waals surface area contributed by atoms with Crippen molar-refractivity contribution in [3.63, 3.8) is 0 Å².